The Morgan fingerprint density at radius 2 is 1.67 bits per heavy atom. The van der Waals surface area contributed by atoms with E-state index in [2.05, 4.69) is 12.2 Å². The highest BCUT2D eigenvalue weighted by Gasteiger charge is 2.53. The van der Waals surface area contributed by atoms with E-state index < -0.39 is 0 Å². The highest BCUT2D eigenvalue weighted by Crippen LogP contribution is 2.60. The van der Waals surface area contributed by atoms with E-state index in [0.29, 0.717) is 17.0 Å². The maximum absolute atomic E-state index is 13.3. The van der Waals surface area contributed by atoms with E-state index in [1.165, 1.54) is 38.5 Å². The van der Waals surface area contributed by atoms with Gasteiger partial charge in [-0.05, 0) is 107 Å². The van der Waals surface area contributed by atoms with Gasteiger partial charge in [0.2, 0.25) is 0 Å². The number of hydrogen-bond acceptors (Lipinski definition) is 3. The molecule has 0 radical (unpaired) electrons. The van der Waals surface area contributed by atoms with Crippen molar-refractivity contribution in [2.24, 2.45) is 17.8 Å². The van der Waals surface area contributed by atoms with Gasteiger partial charge in [0.05, 0.1) is 11.3 Å². The average Bonchev–Trinajstić information content (AvgIpc) is 3.30. The van der Waals surface area contributed by atoms with Crippen molar-refractivity contribution in [3.05, 3.63) is 53.5 Å². The Hall–Kier alpha value is -2.56. The molecule has 1 saturated heterocycles. The minimum atomic E-state index is -0.280. The van der Waals surface area contributed by atoms with Gasteiger partial charge in [0.15, 0.2) is 5.76 Å². The molecule has 1 aliphatic heterocycles. The number of carbonyl (C=O) groups is 2. The number of furan rings is 1. The van der Waals surface area contributed by atoms with Gasteiger partial charge in [-0.15, -0.1) is 0 Å². The topological polar surface area (TPSA) is 62.6 Å². The quantitative estimate of drug-likeness (QED) is 0.625. The molecule has 4 aliphatic carbocycles. The second-order valence-electron chi connectivity index (χ2n) is 11.2. The first-order chi connectivity index (χ1) is 16.0. The van der Waals surface area contributed by atoms with Crippen molar-refractivity contribution in [1.29, 1.82) is 0 Å². The first-order valence-electron chi connectivity index (χ1n) is 12.8. The highest BCUT2D eigenvalue weighted by atomic mass is 16.4. The largest absolute Gasteiger partial charge is 0.455 e. The van der Waals surface area contributed by atoms with Gasteiger partial charge >= 0.3 is 0 Å². The van der Waals surface area contributed by atoms with Crippen LogP contribution >= 0.6 is 0 Å². The lowest BCUT2D eigenvalue weighted by Crippen LogP contribution is -2.48. The molecule has 5 heteroatoms. The lowest BCUT2D eigenvalue weighted by Gasteiger charge is -2.55. The van der Waals surface area contributed by atoms with Crippen molar-refractivity contribution in [3.63, 3.8) is 0 Å². The molecule has 5 aliphatic rings. The Morgan fingerprint density at radius 1 is 0.970 bits per heavy atom. The van der Waals surface area contributed by atoms with E-state index in [1.54, 1.807) is 0 Å². The second kappa shape index (κ2) is 8.03. The van der Waals surface area contributed by atoms with E-state index in [9.17, 15) is 9.59 Å². The molecule has 1 aromatic carbocycles. The third-order valence-corrected chi connectivity index (χ3v) is 8.86. The first kappa shape index (κ1) is 21.0. The summed E-state index contributed by atoms with van der Waals surface area (Å²) in [5, 5.41) is 2.97. The molecule has 0 spiro atoms. The molecule has 2 amide bonds. The van der Waals surface area contributed by atoms with Crippen LogP contribution in [-0.4, -0.2) is 29.3 Å². The number of rotatable bonds is 4. The molecule has 2 heterocycles. The molecular formula is C28H34N2O3. The van der Waals surface area contributed by atoms with Crippen molar-refractivity contribution in [3.8, 4) is 0 Å². The zero-order valence-electron chi connectivity index (χ0n) is 19.5. The van der Waals surface area contributed by atoms with Crippen LogP contribution in [0.15, 0.2) is 40.8 Å². The van der Waals surface area contributed by atoms with Crippen LogP contribution in [0.2, 0.25) is 0 Å². The average molecular weight is 447 g/mol. The SMILES string of the molecule is CC1CCCCN1C(=O)c1ccccc1NC(=O)c1ccc(C23CC4CC(CC(C4)C2)C3)o1. The molecule has 33 heavy (non-hydrogen) atoms. The molecule has 1 unspecified atom stereocenters. The summed E-state index contributed by atoms with van der Waals surface area (Å²) < 4.78 is 6.23. The van der Waals surface area contributed by atoms with Crippen molar-refractivity contribution in [2.75, 3.05) is 11.9 Å². The second-order valence-corrected chi connectivity index (χ2v) is 11.2. The smallest absolute Gasteiger partial charge is 0.291 e. The number of piperidine rings is 1. The van der Waals surface area contributed by atoms with Gasteiger partial charge in [-0.2, -0.15) is 0 Å². The fourth-order valence-electron chi connectivity index (χ4n) is 7.67. The Balaban J connectivity index is 1.21. The van der Waals surface area contributed by atoms with E-state index in [-0.39, 0.29) is 23.3 Å². The summed E-state index contributed by atoms with van der Waals surface area (Å²) in [6.07, 6.45) is 11.0. The van der Waals surface area contributed by atoms with Gasteiger partial charge < -0.3 is 14.6 Å². The van der Waals surface area contributed by atoms with Crippen LogP contribution in [-0.2, 0) is 5.41 Å². The summed E-state index contributed by atoms with van der Waals surface area (Å²) >= 11 is 0. The molecule has 2 aromatic rings. The molecule has 1 N–H and O–H groups in total. The fourth-order valence-corrected chi connectivity index (χ4v) is 7.67. The Bertz CT molecular complexity index is 1040. The first-order valence-corrected chi connectivity index (χ1v) is 12.8. The summed E-state index contributed by atoms with van der Waals surface area (Å²) in [5.41, 5.74) is 1.23. The number of anilines is 1. The van der Waals surface area contributed by atoms with E-state index >= 15 is 0 Å². The number of para-hydroxylation sites is 1. The van der Waals surface area contributed by atoms with Crippen LogP contribution in [0.25, 0.3) is 0 Å². The van der Waals surface area contributed by atoms with Crippen LogP contribution in [0.3, 0.4) is 0 Å². The third-order valence-electron chi connectivity index (χ3n) is 8.86. The Labute approximate surface area is 195 Å². The zero-order chi connectivity index (χ0) is 22.6. The zero-order valence-corrected chi connectivity index (χ0v) is 19.5. The van der Waals surface area contributed by atoms with Crippen LogP contribution in [0, 0.1) is 17.8 Å². The number of hydrogen-bond donors (Lipinski definition) is 1. The Morgan fingerprint density at radius 3 is 2.36 bits per heavy atom. The molecule has 4 saturated carbocycles. The molecule has 1 aromatic heterocycles. The van der Waals surface area contributed by atoms with Crippen LogP contribution in [0.4, 0.5) is 5.69 Å². The number of likely N-dealkylation sites (tertiary alicyclic amines) is 1. The van der Waals surface area contributed by atoms with Gasteiger partial charge in [0.25, 0.3) is 11.8 Å². The minimum Gasteiger partial charge on any atom is -0.455 e. The Kier molecular flexibility index (Phi) is 5.11. The van der Waals surface area contributed by atoms with Crippen molar-refractivity contribution < 1.29 is 14.0 Å². The predicted molar refractivity (Wildman–Crippen MR) is 127 cm³/mol. The predicted octanol–water partition coefficient (Wildman–Crippen LogP) is 6.01. The molecule has 174 valence electrons. The lowest BCUT2D eigenvalue weighted by molar-refractivity contribution is -0.0154. The maximum atomic E-state index is 13.3. The number of amides is 2. The third kappa shape index (κ3) is 3.70. The molecule has 7 rings (SSSR count). The number of benzene rings is 1. The normalized spacial score (nSPS) is 32.7. The summed E-state index contributed by atoms with van der Waals surface area (Å²) in [4.78, 5) is 28.3. The van der Waals surface area contributed by atoms with Gasteiger partial charge in [-0.1, -0.05) is 12.1 Å². The molecule has 1 atom stereocenters. The maximum Gasteiger partial charge on any atom is 0.291 e. The minimum absolute atomic E-state index is 0.00759. The van der Waals surface area contributed by atoms with E-state index in [1.807, 2.05) is 41.3 Å². The van der Waals surface area contributed by atoms with Crippen LogP contribution in [0.5, 0.6) is 0 Å². The number of nitrogens with zero attached hydrogens (tertiary/aromatic N) is 1. The summed E-state index contributed by atoms with van der Waals surface area (Å²) in [7, 11) is 0. The fraction of sp³-hybridized carbons (Fsp3) is 0.571. The van der Waals surface area contributed by atoms with Gasteiger partial charge in [0, 0.05) is 18.0 Å². The monoisotopic (exact) mass is 446 g/mol. The molecule has 5 fully saturated rings. The van der Waals surface area contributed by atoms with Gasteiger partial charge in [-0.3, -0.25) is 9.59 Å². The van der Waals surface area contributed by atoms with Gasteiger partial charge in [0.1, 0.15) is 5.76 Å². The van der Waals surface area contributed by atoms with Crippen molar-refractivity contribution >= 4 is 17.5 Å². The summed E-state index contributed by atoms with van der Waals surface area (Å²) in [6.45, 7) is 2.88. The molecular weight excluding hydrogens is 412 g/mol. The summed E-state index contributed by atoms with van der Waals surface area (Å²) in [6, 6.07) is 11.4. The van der Waals surface area contributed by atoms with E-state index in [4.69, 9.17) is 4.42 Å². The number of nitrogens with one attached hydrogen (secondary N) is 1. The molecule has 5 nitrogen and oxygen atoms in total. The summed E-state index contributed by atoms with van der Waals surface area (Å²) in [5.74, 6) is 3.54. The lowest BCUT2D eigenvalue weighted by atomic mass is 9.49. The van der Waals surface area contributed by atoms with Crippen molar-refractivity contribution in [1.82, 2.24) is 4.90 Å². The molecule has 4 bridgehead atoms. The van der Waals surface area contributed by atoms with Crippen LogP contribution in [0.1, 0.15) is 91.4 Å². The van der Waals surface area contributed by atoms with E-state index in [0.717, 1.165) is 49.3 Å². The van der Waals surface area contributed by atoms with Gasteiger partial charge in [-0.25, -0.2) is 0 Å². The standard InChI is InChI=1S/C28H34N2O3/c1-18-6-4-5-11-30(18)27(32)22-7-2-3-8-23(22)29-26(31)24-9-10-25(33-24)28-15-19-12-20(16-28)14-21(13-19)17-28/h2-3,7-10,18-21H,4-6,11-17H2,1H3,(H,29,31). The highest BCUT2D eigenvalue weighted by molar-refractivity contribution is 6.08. The van der Waals surface area contributed by atoms with Crippen LogP contribution < -0.4 is 5.32 Å². The van der Waals surface area contributed by atoms with Crippen molar-refractivity contribution in [2.45, 2.75) is 76.2 Å². The number of carbonyl (C=O) groups excluding carboxylic acids is 2.